The van der Waals surface area contributed by atoms with Crippen LogP contribution in [0, 0.1) is 0 Å². The molecule has 0 atom stereocenters. The molecule has 0 amide bonds. The molecule has 3 aromatic rings. The van der Waals surface area contributed by atoms with E-state index in [1.807, 2.05) is 42.6 Å². The third-order valence-corrected chi connectivity index (χ3v) is 3.85. The lowest BCUT2D eigenvalue weighted by Gasteiger charge is -2.07. The molecule has 2 N–H and O–H groups in total. The number of halogens is 1. The summed E-state index contributed by atoms with van der Waals surface area (Å²) in [7, 11) is 0. The summed E-state index contributed by atoms with van der Waals surface area (Å²) >= 11 is 8.62. The number of nitrogens with zero attached hydrogens (tertiary/aromatic N) is 2. The maximum atomic E-state index is 5.65. The van der Waals surface area contributed by atoms with Crippen LogP contribution >= 0.6 is 28.1 Å². The Hall–Kier alpha value is -2.32. The minimum Gasteiger partial charge on any atom is -0.471 e. The number of rotatable bonds is 6. The first-order chi connectivity index (χ1) is 11.7. The summed E-state index contributed by atoms with van der Waals surface area (Å²) in [5, 5.41) is 10.8. The van der Waals surface area contributed by atoms with Crippen LogP contribution < -0.4 is 15.4 Å². The van der Waals surface area contributed by atoms with Gasteiger partial charge in [0, 0.05) is 4.47 Å². The molecule has 0 bridgehead atoms. The average molecular weight is 407 g/mol. The molecule has 8 heteroatoms. The van der Waals surface area contributed by atoms with Crippen molar-refractivity contribution in [2.24, 2.45) is 0 Å². The van der Waals surface area contributed by atoms with Gasteiger partial charge in [-0.2, -0.15) is 5.10 Å². The highest BCUT2D eigenvalue weighted by Gasteiger charge is 2.03. The first kappa shape index (κ1) is 16.5. The Bertz CT molecular complexity index is 787. The Morgan fingerprint density at radius 3 is 2.88 bits per heavy atom. The molecule has 0 saturated heterocycles. The predicted molar refractivity (Wildman–Crippen MR) is 98.8 cm³/mol. The molecule has 0 radical (unpaired) electrons. The molecule has 6 nitrogen and oxygen atoms in total. The molecular weight excluding hydrogens is 392 g/mol. The zero-order valence-electron chi connectivity index (χ0n) is 12.6. The van der Waals surface area contributed by atoms with E-state index in [2.05, 4.69) is 31.7 Å². The fourth-order valence-electron chi connectivity index (χ4n) is 1.93. The number of hydrogen-bond acceptors (Lipinski definition) is 4. The van der Waals surface area contributed by atoms with E-state index in [1.54, 1.807) is 17.1 Å². The Balaban J connectivity index is 1.46. The third-order valence-electron chi connectivity index (χ3n) is 3.07. The first-order valence-electron chi connectivity index (χ1n) is 7.17. The number of nitrogens with one attached hydrogen (secondary N) is 2. The van der Waals surface area contributed by atoms with E-state index >= 15 is 0 Å². The number of furan rings is 1. The van der Waals surface area contributed by atoms with Crippen molar-refractivity contribution in [1.29, 1.82) is 0 Å². The second-order valence-corrected chi connectivity index (χ2v) is 6.21. The van der Waals surface area contributed by atoms with Crippen LogP contribution in [-0.2, 0) is 13.3 Å². The first-order valence-corrected chi connectivity index (χ1v) is 8.37. The van der Waals surface area contributed by atoms with Gasteiger partial charge in [0.2, 0.25) is 0 Å². The summed E-state index contributed by atoms with van der Waals surface area (Å²) in [6.07, 6.45) is 5.13. The van der Waals surface area contributed by atoms with Crippen LogP contribution in [-0.4, -0.2) is 14.9 Å². The van der Waals surface area contributed by atoms with Gasteiger partial charge in [0.05, 0.1) is 30.9 Å². The van der Waals surface area contributed by atoms with Crippen LogP contribution in [0.5, 0.6) is 5.75 Å². The highest BCUT2D eigenvalue weighted by Crippen LogP contribution is 2.16. The normalized spacial score (nSPS) is 10.4. The Labute approximate surface area is 152 Å². The molecule has 0 aliphatic rings. The predicted octanol–water partition coefficient (Wildman–Crippen LogP) is 3.76. The van der Waals surface area contributed by atoms with Crippen molar-refractivity contribution in [2.75, 3.05) is 5.32 Å². The van der Waals surface area contributed by atoms with Crippen LogP contribution in [0.2, 0.25) is 0 Å². The SMILES string of the molecule is S=C(NCc1ccco1)Nc1cnn(COc2ccc(Br)cc2)c1. The Morgan fingerprint density at radius 2 is 2.12 bits per heavy atom. The highest BCUT2D eigenvalue weighted by molar-refractivity contribution is 9.10. The van der Waals surface area contributed by atoms with E-state index in [4.69, 9.17) is 21.4 Å². The maximum Gasteiger partial charge on any atom is 0.180 e. The lowest BCUT2D eigenvalue weighted by Crippen LogP contribution is -2.27. The zero-order chi connectivity index (χ0) is 16.8. The fraction of sp³-hybridized carbons (Fsp3) is 0.125. The summed E-state index contributed by atoms with van der Waals surface area (Å²) in [4.78, 5) is 0. The van der Waals surface area contributed by atoms with Gasteiger partial charge in [-0.25, -0.2) is 4.68 Å². The molecule has 0 fully saturated rings. The number of benzene rings is 1. The Morgan fingerprint density at radius 1 is 1.29 bits per heavy atom. The van der Waals surface area contributed by atoms with Crippen molar-refractivity contribution in [1.82, 2.24) is 15.1 Å². The molecule has 0 unspecified atom stereocenters. The van der Waals surface area contributed by atoms with Crippen molar-refractivity contribution < 1.29 is 9.15 Å². The molecule has 124 valence electrons. The molecule has 0 saturated carbocycles. The molecule has 0 aliphatic heterocycles. The molecule has 24 heavy (non-hydrogen) atoms. The number of anilines is 1. The van der Waals surface area contributed by atoms with Gasteiger partial charge in [-0.05, 0) is 48.6 Å². The summed E-state index contributed by atoms with van der Waals surface area (Å²) in [5.74, 6) is 1.59. The fourth-order valence-corrected chi connectivity index (χ4v) is 2.38. The van der Waals surface area contributed by atoms with Gasteiger partial charge in [0.1, 0.15) is 11.5 Å². The van der Waals surface area contributed by atoms with Crippen LogP contribution in [0.1, 0.15) is 5.76 Å². The minimum atomic E-state index is 0.315. The van der Waals surface area contributed by atoms with Gasteiger partial charge in [0.25, 0.3) is 0 Å². The lowest BCUT2D eigenvalue weighted by molar-refractivity contribution is 0.221. The van der Waals surface area contributed by atoms with Gasteiger partial charge in [-0.15, -0.1) is 0 Å². The van der Waals surface area contributed by atoms with E-state index in [1.165, 1.54) is 0 Å². The number of thiocarbonyl (C=S) groups is 1. The molecule has 0 spiro atoms. The summed E-state index contributed by atoms with van der Waals surface area (Å²) in [5.41, 5.74) is 0.784. The van der Waals surface area contributed by atoms with Crippen molar-refractivity contribution in [2.45, 2.75) is 13.3 Å². The monoisotopic (exact) mass is 406 g/mol. The molecule has 1 aromatic carbocycles. The van der Waals surface area contributed by atoms with Gasteiger partial charge < -0.3 is 19.8 Å². The second-order valence-electron chi connectivity index (χ2n) is 4.88. The largest absolute Gasteiger partial charge is 0.471 e. The van der Waals surface area contributed by atoms with Crippen LogP contribution in [0.4, 0.5) is 5.69 Å². The maximum absolute atomic E-state index is 5.65. The molecule has 2 heterocycles. The number of hydrogen-bond donors (Lipinski definition) is 2. The summed E-state index contributed by atoms with van der Waals surface area (Å²) in [6, 6.07) is 11.3. The second kappa shape index (κ2) is 7.98. The van der Waals surface area contributed by atoms with Gasteiger partial charge >= 0.3 is 0 Å². The van der Waals surface area contributed by atoms with Crippen LogP contribution in [0.3, 0.4) is 0 Å². The summed E-state index contributed by atoms with van der Waals surface area (Å²) < 4.78 is 13.6. The van der Waals surface area contributed by atoms with Gasteiger partial charge in [-0.1, -0.05) is 15.9 Å². The topological polar surface area (TPSA) is 64.2 Å². The van der Waals surface area contributed by atoms with Crippen molar-refractivity contribution in [3.63, 3.8) is 0 Å². The third kappa shape index (κ3) is 4.84. The molecule has 2 aromatic heterocycles. The van der Waals surface area contributed by atoms with Crippen molar-refractivity contribution >= 4 is 38.9 Å². The van der Waals surface area contributed by atoms with E-state index in [9.17, 15) is 0 Å². The van der Waals surface area contributed by atoms with Crippen molar-refractivity contribution in [3.8, 4) is 5.75 Å². The minimum absolute atomic E-state index is 0.315. The average Bonchev–Trinajstić information content (AvgIpc) is 3.24. The number of ether oxygens (including phenoxy) is 1. The lowest BCUT2D eigenvalue weighted by atomic mass is 10.3. The quantitative estimate of drug-likeness (QED) is 0.607. The van der Waals surface area contributed by atoms with Gasteiger partial charge in [-0.3, -0.25) is 0 Å². The van der Waals surface area contributed by atoms with E-state index in [0.29, 0.717) is 18.4 Å². The smallest absolute Gasteiger partial charge is 0.180 e. The van der Waals surface area contributed by atoms with E-state index < -0.39 is 0 Å². The molecular formula is C16H15BrN4O2S. The van der Waals surface area contributed by atoms with Gasteiger partial charge in [0.15, 0.2) is 11.8 Å². The van der Waals surface area contributed by atoms with Crippen LogP contribution in [0.15, 0.2) is 63.9 Å². The molecule has 3 rings (SSSR count). The number of aromatic nitrogens is 2. The van der Waals surface area contributed by atoms with Crippen LogP contribution in [0.25, 0.3) is 0 Å². The molecule has 0 aliphatic carbocycles. The standard InChI is InChI=1S/C16H15BrN4O2S/c17-12-3-5-14(6-4-12)23-11-21-10-13(8-19-21)20-16(24)18-9-15-2-1-7-22-15/h1-8,10H,9,11H2,(H2,18,20,24). The van der Waals surface area contributed by atoms with Crippen molar-refractivity contribution in [3.05, 3.63) is 65.3 Å². The van der Waals surface area contributed by atoms with E-state index in [-0.39, 0.29) is 0 Å². The summed E-state index contributed by atoms with van der Waals surface area (Å²) in [6.45, 7) is 0.843. The highest BCUT2D eigenvalue weighted by atomic mass is 79.9. The van der Waals surface area contributed by atoms with E-state index in [0.717, 1.165) is 21.7 Å². The Kier molecular flexibility index (Phi) is 5.50. The zero-order valence-corrected chi connectivity index (χ0v) is 15.0.